The number of fused-ring (bicyclic) bond motifs is 1. The standard InChI is InChI=1S/C20H23FN6OS/c1-4-27-19(22-23-20(27)29-3)18-15-12-26(9-8-16(15)25(2)24-18)17(28)11-13-6-5-7-14(21)10-13/h5-7,10H,4,8-9,11-12H2,1-3H3. The van der Waals surface area contributed by atoms with Crippen molar-refractivity contribution in [1.82, 2.24) is 29.4 Å². The zero-order valence-electron chi connectivity index (χ0n) is 16.7. The summed E-state index contributed by atoms with van der Waals surface area (Å²) in [5, 5.41) is 14.2. The second-order valence-electron chi connectivity index (χ2n) is 7.02. The topological polar surface area (TPSA) is 68.8 Å². The number of benzene rings is 1. The summed E-state index contributed by atoms with van der Waals surface area (Å²) in [6.45, 7) is 3.89. The second kappa shape index (κ2) is 7.98. The first-order chi connectivity index (χ1) is 14.0. The molecule has 0 fully saturated rings. The Labute approximate surface area is 172 Å². The average Bonchev–Trinajstić information content (AvgIpc) is 3.27. The molecular weight excluding hydrogens is 391 g/mol. The van der Waals surface area contributed by atoms with Gasteiger partial charge in [-0.15, -0.1) is 10.2 Å². The van der Waals surface area contributed by atoms with Gasteiger partial charge in [-0.1, -0.05) is 23.9 Å². The summed E-state index contributed by atoms with van der Waals surface area (Å²) in [7, 11) is 1.93. The largest absolute Gasteiger partial charge is 0.338 e. The van der Waals surface area contributed by atoms with Gasteiger partial charge in [0.1, 0.15) is 11.5 Å². The van der Waals surface area contributed by atoms with Gasteiger partial charge in [-0.25, -0.2) is 4.39 Å². The van der Waals surface area contributed by atoms with Gasteiger partial charge in [0.05, 0.1) is 6.42 Å². The van der Waals surface area contributed by atoms with Crippen molar-refractivity contribution in [1.29, 1.82) is 0 Å². The number of thioether (sulfide) groups is 1. The van der Waals surface area contributed by atoms with Crippen LogP contribution in [0, 0.1) is 5.82 Å². The average molecular weight is 415 g/mol. The molecule has 2 aromatic heterocycles. The van der Waals surface area contributed by atoms with E-state index in [0.29, 0.717) is 18.7 Å². The Kier molecular flexibility index (Phi) is 5.40. The predicted molar refractivity (Wildman–Crippen MR) is 109 cm³/mol. The van der Waals surface area contributed by atoms with Gasteiger partial charge in [0.25, 0.3) is 0 Å². The van der Waals surface area contributed by atoms with Crippen LogP contribution in [0.5, 0.6) is 0 Å². The number of aryl methyl sites for hydroxylation is 1. The van der Waals surface area contributed by atoms with Crippen LogP contribution in [0.3, 0.4) is 0 Å². The Hall–Kier alpha value is -2.68. The normalized spacial score (nSPS) is 13.6. The van der Waals surface area contributed by atoms with Gasteiger partial charge < -0.3 is 9.47 Å². The quantitative estimate of drug-likeness (QED) is 0.601. The van der Waals surface area contributed by atoms with Crippen LogP contribution in [-0.4, -0.2) is 48.2 Å². The summed E-state index contributed by atoms with van der Waals surface area (Å²) in [6, 6.07) is 6.21. The summed E-state index contributed by atoms with van der Waals surface area (Å²) in [4.78, 5) is 14.7. The van der Waals surface area contributed by atoms with E-state index in [1.165, 1.54) is 12.1 Å². The first kappa shape index (κ1) is 19.6. The molecule has 3 heterocycles. The fourth-order valence-electron chi connectivity index (χ4n) is 3.82. The van der Waals surface area contributed by atoms with Crippen LogP contribution >= 0.6 is 11.8 Å². The maximum Gasteiger partial charge on any atom is 0.227 e. The van der Waals surface area contributed by atoms with E-state index < -0.39 is 0 Å². The number of nitrogens with zero attached hydrogens (tertiary/aromatic N) is 6. The highest BCUT2D eigenvalue weighted by Crippen LogP contribution is 2.30. The molecule has 1 amide bonds. The number of carbonyl (C=O) groups excluding carboxylic acids is 1. The fourth-order valence-corrected chi connectivity index (χ4v) is 4.38. The van der Waals surface area contributed by atoms with E-state index in [9.17, 15) is 9.18 Å². The minimum absolute atomic E-state index is 0.0159. The number of aromatic nitrogens is 5. The molecule has 0 atom stereocenters. The molecule has 29 heavy (non-hydrogen) atoms. The van der Waals surface area contributed by atoms with Crippen molar-refractivity contribution in [3.05, 3.63) is 46.9 Å². The molecule has 4 rings (SSSR count). The van der Waals surface area contributed by atoms with Gasteiger partial charge in [-0.2, -0.15) is 5.10 Å². The fraction of sp³-hybridized carbons (Fsp3) is 0.400. The lowest BCUT2D eigenvalue weighted by Gasteiger charge is -2.28. The Morgan fingerprint density at radius 1 is 1.31 bits per heavy atom. The lowest BCUT2D eigenvalue weighted by atomic mass is 10.0. The molecule has 0 unspecified atom stereocenters. The van der Waals surface area contributed by atoms with Crippen molar-refractivity contribution in [2.75, 3.05) is 12.8 Å². The van der Waals surface area contributed by atoms with Crippen LogP contribution in [0.1, 0.15) is 23.7 Å². The molecule has 0 saturated carbocycles. The molecule has 0 spiro atoms. The highest BCUT2D eigenvalue weighted by atomic mass is 32.2. The summed E-state index contributed by atoms with van der Waals surface area (Å²) in [6.07, 6.45) is 2.88. The molecule has 0 radical (unpaired) electrons. The first-order valence-corrected chi connectivity index (χ1v) is 10.8. The highest BCUT2D eigenvalue weighted by Gasteiger charge is 2.29. The van der Waals surface area contributed by atoms with E-state index in [-0.39, 0.29) is 18.1 Å². The van der Waals surface area contributed by atoms with Crippen molar-refractivity contribution >= 4 is 17.7 Å². The third-order valence-electron chi connectivity index (χ3n) is 5.27. The SMILES string of the molecule is CCn1c(SC)nnc1-c1nn(C)c2c1CN(C(=O)Cc1cccc(F)c1)CC2. The van der Waals surface area contributed by atoms with Crippen LogP contribution < -0.4 is 0 Å². The van der Waals surface area contributed by atoms with Gasteiger partial charge in [-0.3, -0.25) is 9.48 Å². The summed E-state index contributed by atoms with van der Waals surface area (Å²) in [5.74, 6) is 0.389. The summed E-state index contributed by atoms with van der Waals surface area (Å²) < 4.78 is 17.4. The Balaban J connectivity index is 1.62. The number of amides is 1. The minimum Gasteiger partial charge on any atom is -0.338 e. The van der Waals surface area contributed by atoms with Crippen LogP contribution in [0.15, 0.2) is 29.4 Å². The number of hydrogen-bond donors (Lipinski definition) is 0. The smallest absolute Gasteiger partial charge is 0.227 e. The molecule has 152 valence electrons. The number of hydrogen-bond acceptors (Lipinski definition) is 5. The third-order valence-corrected chi connectivity index (χ3v) is 5.93. The lowest BCUT2D eigenvalue weighted by Crippen LogP contribution is -2.37. The van der Waals surface area contributed by atoms with Crippen molar-refractivity contribution in [2.24, 2.45) is 7.05 Å². The van der Waals surface area contributed by atoms with Crippen molar-refractivity contribution in [3.8, 4) is 11.5 Å². The van der Waals surface area contributed by atoms with Crippen molar-refractivity contribution < 1.29 is 9.18 Å². The monoisotopic (exact) mass is 414 g/mol. The number of rotatable bonds is 5. The second-order valence-corrected chi connectivity index (χ2v) is 7.80. The van der Waals surface area contributed by atoms with Gasteiger partial charge in [-0.05, 0) is 30.9 Å². The molecule has 0 saturated heterocycles. The van der Waals surface area contributed by atoms with Gasteiger partial charge in [0.2, 0.25) is 5.91 Å². The van der Waals surface area contributed by atoms with E-state index in [4.69, 9.17) is 5.10 Å². The molecular formula is C20H23FN6OS. The molecule has 1 aromatic carbocycles. The Morgan fingerprint density at radius 3 is 2.86 bits per heavy atom. The zero-order valence-corrected chi connectivity index (χ0v) is 17.5. The van der Waals surface area contributed by atoms with E-state index in [2.05, 4.69) is 17.1 Å². The number of halogens is 1. The van der Waals surface area contributed by atoms with E-state index in [1.807, 2.05) is 27.5 Å². The maximum absolute atomic E-state index is 13.5. The van der Waals surface area contributed by atoms with E-state index >= 15 is 0 Å². The molecule has 9 heteroatoms. The highest BCUT2D eigenvalue weighted by molar-refractivity contribution is 7.98. The van der Waals surface area contributed by atoms with E-state index in [0.717, 1.165) is 40.9 Å². The van der Waals surface area contributed by atoms with Crippen LogP contribution in [-0.2, 0) is 37.8 Å². The van der Waals surface area contributed by atoms with Crippen molar-refractivity contribution in [3.63, 3.8) is 0 Å². The minimum atomic E-state index is -0.325. The van der Waals surface area contributed by atoms with Crippen LogP contribution in [0.2, 0.25) is 0 Å². The van der Waals surface area contributed by atoms with Gasteiger partial charge in [0.15, 0.2) is 11.0 Å². The predicted octanol–water partition coefficient (Wildman–Crippen LogP) is 2.69. The Bertz CT molecular complexity index is 1060. The third kappa shape index (κ3) is 3.66. The van der Waals surface area contributed by atoms with Gasteiger partial charge in [0, 0.05) is 44.4 Å². The van der Waals surface area contributed by atoms with Gasteiger partial charge >= 0.3 is 0 Å². The lowest BCUT2D eigenvalue weighted by molar-refractivity contribution is -0.131. The number of carbonyl (C=O) groups is 1. The molecule has 1 aliphatic heterocycles. The first-order valence-electron chi connectivity index (χ1n) is 9.56. The summed E-state index contributed by atoms with van der Waals surface area (Å²) >= 11 is 1.55. The van der Waals surface area contributed by atoms with Crippen molar-refractivity contribution in [2.45, 2.75) is 38.0 Å². The molecule has 7 nitrogen and oxygen atoms in total. The van der Waals surface area contributed by atoms with Crippen LogP contribution in [0.4, 0.5) is 4.39 Å². The maximum atomic E-state index is 13.5. The molecule has 3 aromatic rings. The molecule has 1 aliphatic rings. The Morgan fingerprint density at radius 2 is 2.14 bits per heavy atom. The molecule has 0 aliphatic carbocycles. The van der Waals surface area contributed by atoms with Crippen LogP contribution in [0.25, 0.3) is 11.5 Å². The zero-order chi connectivity index (χ0) is 20.5. The molecule has 0 N–H and O–H groups in total. The molecule has 0 bridgehead atoms. The van der Waals surface area contributed by atoms with E-state index in [1.54, 1.807) is 23.9 Å². The summed E-state index contributed by atoms with van der Waals surface area (Å²) in [5.41, 5.74) is 3.59.